The minimum absolute atomic E-state index is 0.301. The van der Waals surface area contributed by atoms with Gasteiger partial charge in [0.25, 0.3) is 0 Å². The monoisotopic (exact) mass is 296 g/mol. The number of nitrogens with zero attached hydrogens (tertiary/aromatic N) is 3. The lowest BCUT2D eigenvalue weighted by Gasteiger charge is -2.04. The van der Waals surface area contributed by atoms with Crippen LogP contribution in [0.5, 0.6) is 0 Å². The van der Waals surface area contributed by atoms with Gasteiger partial charge in [-0.25, -0.2) is 0 Å². The Labute approximate surface area is 108 Å². The number of hydrogen-bond acceptors (Lipinski definition) is 5. The summed E-state index contributed by atoms with van der Waals surface area (Å²) in [5.74, 6) is 1.12. The largest absolute Gasteiger partial charge is 0.339 e. The van der Waals surface area contributed by atoms with Gasteiger partial charge < -0.3 is 9.84 Å². The summed E-state index contributed by atoms with van der Waals surface area (Å²) in [5.41, 5.74) is 0.694. The number of halogens is 1. The van der Waals surface area contributed by atoms with Crippen molar-refractivity contribution in [2.75, 3.05) is 7.05 Å². The van der Waals surface area contributed by atoms with Crippen molar-refractivity contribution < 1.29 is 4.52 Å². The molecule has 1 atom stereocenters. The van der Waals surface area contributed by atoms with Crippen LogP contribution in [0.4, 0.5) is 0 Å². The predicted molar refractivity (Wildman–Crippen MR) is 67.5 cm³/mol. The number of pyridine rings is 1. The number of hydrogen-bond donors (Lipinski definition) is 1. The van der Waals surface area contributed by atoms with Crippen LogP contribution in [-0.2, 0) is 6.42 Å². The summed E-state index contributed by atoms with van der Waals surface area (Å²) in [5, 5.41) is 7.05. The van der Waals surface area contributed by atoms with Crippen LogP contribution >= 0.6 is 15.9 Å². The van der Waals surface area contributed by atoms with E-state index in [4.69, 9.17) is 4.52 Å². The third-order valence-electron chi connectivity index (χ3n) is 2.41. The second-order valence-electron chi connectivity index (χ2n) is 3.74. The molecule has 0 spiro atoms. The molecular formula is C11H13BrN4O. The molecule has 0 fully saturated rings. The van der Waals surface area contributed by atoms with E-state index in [0.29, 0.717) is 29.9 Å². The maximum atomic E-state index is 5.18. The molecule has 2 rings (SSSR count). The molecule has 0 radical (unpaired) electrons. The average molecular weight is 297 g/mol. The second-order valence-corrected chi connectivity index (χ2v) is 4.59. The molecule has 5 nitrogen and oxygen atoms in total. The van der Waals surface area contributed by atoms with Gasteiger partial charge >= 0.3 is 0 Å². The highest BCUT2D eigenvalue weighted by atomic mass is 79.9. The Hall–Kier alpha value is -1.27. The Morgan fingerprint density at radius 3 is 3.06 bits per heavy atom. The van der Waals surface area contributed by atoms with E-state index in [9.17, 15) is 0 Å². The average Bonchev–Trinajstić information content (AvgIpc) is 2.78. The summed E-state index contributed by atoms with van der Waals surface area (Å²) in [6.07, 6.45) is 2.40. The molecule has 0 amide bonds. The van der Waals surface area contributed by atoms with Crippen molar-refractivity contribution >= 4 is 15.9 Å². The van der Waals surface area contributed by atoms with Crippen LogP contribution in [0.3, 0.4) is 0 Å². The van der Waals surface area contributed by atoms with E-state index >= 15 is 0 Å². The zero-order valence-electron chi connectivity index (χ0n) is 9.64. The first-order valence-electron chi connectivity index (χ1n) is 5.31. The van der Waals surface area contributed by atoms with Crippen molar-refractivity contribution in [1.82, 2.24) is 20.4 Å². The Kier molecular flexibility index (Phi) is 3.86. The van der Waals surface area contributed by atoms with Crippen LogP contribution in [0.25, 0.3) is 11.5 Å². The molecule has 0 saturated heterocycles. The van der Waals surface area contributed by atoms with Crippen molar-refractivity contribution in [3.8, 4) is 11.5 Å². The Bertz CT molecular complexity index is 500. The number of nitrogens with one attached hydrogen (secondary N) is 1. The molecule has 0 aromatic carbocycles. The van der Waals surface area contributed by atoms with E-state index in [1.165, 1.54) is 0 Å². The summed E-state index contributed by atoms with van der Waals surface area (Å²) in [6, 6.07) is 4.04. The van der Waals surface area contributed by atoms with Crippen molar-refractivity contribution in [3.63, 3.8) is 0 Å². The van der Waals surface area contributed by atoms with Crippen molar-refractivity contribution in [2.24, 2.45) is 0 Å². The summed E-state index contributed by atoms with van der Waals surface area (Å²) in [4.78, 5) is 8.53. The molecule has 0 aliphatic rings. The van der Waals surface area contributed by atoms with Crippen LogP contribution in [0.2, 0.25) is 0 Å². The molecule has 1 unspecified atom stereocenters. The maximum absolute atomic E-state index is 5.18. The zero-order chi connectivity index (χ0) is 12.3. The van der Waals surface area contributed by atoms with E-state index < -0.39 is 0 Å². The number of likely N-dealkylation sites (N-methyl/N-ethyl adjacent to an activating group) is 1. The predicted octanol–water partition coefficient (Wildman–Crippen LogP) is 2.04. The highest BCUT2D eigenvalue weighted by Gasteiger charge is 2.13. The van der Waals surface area contributed by atoms with Gasteiger partial charge in [0.1, 0.15) is 5.69 Å². The molecule has 1 N–H and O–H groups in total. The normalized spacial score (nSPS) is 12.6. The van der Waals surface area contributed by atoms with Gasteiger partial charge in [0.15, 0.2) is 0 Å². The van der Waals surface area contributed by atoms with Crippen LogP contribution in [0.15, 0.2) is 27.3 Å². The first kappa shape index (κ1) is 12.2. The first-order valence-corrected chi connectivity index (χ1v) is 6.10. The maximum Gasteiger partial charge on any atom is 0.228 e. The van der Waals surface area contributed by atoms with Gasteiger partial charge in [-0.1, -0.05) is 5.16 Å². The highest BCUT2D eigenvalue weighted by molar-refractivity contribution is 9.10. The van der Waals surface area contributed by atoms with Gasteiger partial charge in [0.2, 0.25) is 11.7 Å². The molecule has 2 heterocycles. The van der Waals surface area contributed by atoms with Crippen molar-refractivity contribution in [3.05, 3.63) is 28.7 Å². The van der Waals surface area contributed by atoms with Gasteiger partial charge in [0.05, 0.1) is 0 Å². The molecule has 0 saturated carbocycles. The fourth-order valence-corrected chi connectivity index (χ4v) is 1.78. The van der Waals surface area contributed by atoms with Crippen LogP contribution in [-0.4, -0.2) is 28.2 Å². The fourth-order valence-electron chi connectivity index (χ4n) is 1.35. The quantitative estimate of drug-likeness (QED) is 0.935. The standard InChI is InChI=1S/C11H13BrN4O/c1-7(13-2)6-9-15-11(16-17-9)10-8(12)4-3-5-14-10/h3-5,7,13H,6H2,1-2H3. The highest BCUT2D eigenvalue weighted by Crippen LogP contribution is 2.22. The fraction of sp³-hybridized carbons (Fsp3) is 0.364. The molecule has 2 aromatic heterocycles. The van der Waals surface area contributed by atoms with E-state index in [-0.39, 0.29) is 0 Å². The summed E-state index contributed by atoms with van der Waals surface area (Å²) < 4.78 is 6.04. The Balaban J connectivity index is 2.21. The number of aromatic nitrogens is 3. The lowest BCUT2D eigenvalue weighted by Crippen LogP contribution is -2.23. The smallest absolute Gasteiger partial charge is 0.228 e. The molecule has 17 heavy (non-hydrogen) atoms. The van der Waals surface area contributed by atoms with Crippen LogP contribution in [0, 0.1) is 0 Å². The van der Waals surface area contributed by atoms with Crippen LogP contribution in [0.1, 0.15) is 12.8 Å². The molecule has 90 valence electrons. The van der Waals surface area contributed by atoms with Crippen molar-refractivity contribution in [2.45, 2.75) is 19.4 Å². The Morgan fingerprint density at radius 2 is 2.35 bits per heavy atom. The topological polar surface area (TPSA) is 63.8 Å². The molecule has 0 aliphatic heterocycles. The summed E-state index contributed by atoms with van der Waals surface area (Å²) in [6.45, 7) is 2.06. The zero-order valence-corrected chi connectivity index (χ0v) is 11.2. The molecule has 0 aliphatic carbocycles. The minimum Gasteiger partial charge on any atom is -0.339 e. The molecule has 0 bridgehead atoms. The first-order chi connectivity index (χ1) is 8.20. The molecule has 2 aromatic rings. The van der Waals surface area contributed by atoms with E-state index in [1.807, 2.05) is 19.2 Å². The van der Waals surface area contributed by atoms with Gasteiger partial charge in [0, 0.05) is 23.1 Å². The van der Waals surface area contributed by atoms with Gasteiger partial charge in [-0.3, -0.25) is 4.98 Å². The summed E-state index contributed by atoms with van der Waals surface area (Å²) in [7, 11) is 1.90. The SMILES string of the molecule is CNC(C)Cc1nc(-c2ncccc2Br)no1. The van der Waals surface area contributed by atoms with Gasteiger partial charge in [-0.2, -0.15) is 4.98 Å². The van der Waals surface area contributed by atoms with Gasteiger partial charge in [-0.05, 0) is 42.0 Å². The third kappa shape index (κ3) is 2.89. The third-order valence-corrected chi connectivity index (χ3v) is 3.05. The molecular weight excluding hydrogens is 284 g/mol. The minimum atomic E-state index is 0.301. The van der Waals surface area contributed by atoms with Gasteiger partial charge in [-0.15, -0.1) is 0 Å². The Morgan fingerprint density at radius 1 is 1.53 bits per heavy atom. The second kappa shape index (κ2) is 5.37. The number of rotatable bonds is 4. The van der Waals surface area contributed by atoms with E-state index in [2.05, 4.69) is 43.3 Å². The van der Waals surface area contributed by atoms with Crippen molar-refractivity contribution in [1.29, 1.82) is 0 Å². The lowest BCUT2D eigenvalue weighted by atomic mass is 10.2. The van der Waals surface area contributed by atoms with E-state index in [0.717, 1.165) is 4.47 Å². The molecule has 6 heteroatoms. The summed E-state index contributed by atoms with van der Waals surface area (Å²) >= 11 is 3.41. The van der Waals surface area contributed by atoms with E-state index in [1.54, 1.807) is 6.20 Å². The van der Waals surface area contributed by atoms with Crippen LogP contribution < -0.4 is 5.32 Å². The lowest BCUT2D eigenvalue weighted by molar-refractivity contribution is 0.365.